The van der Waals surface area contributed by atoms with Crippen molar-refractivity contribution in [2.75, 3.05) is 36.5 Å². The number of anilines is 1. The van der Waals surface area contributed by atoms with Gasteiger partial charge in [0.05, 0.1) is 48.7 Å². The Labute approximate surface area is 247 Å². The molecule has 0 unspecified atom stereocenters. The van der Waals surface area contributed by atoms with E-state index >= 15 is 0 Å². The number of benzene rings is 1. The number of hydrogen-bond donors (Lipinski definition) is 6. The van der Waals surface area contributed by atoms with Gasteiger partial charge in [0, 0.05) is 31.0 Å². The third-order valence-corrected chi connectivity index (χ3v) is 10.3. The molecule has 12 nitrogen and oxygen atoms in total. The minimum atomic E-state index is -3.60. The molecule has 1 aromatic carbocycles. The van der Waals surface area contributed by atoms with Gasteiger partial charge in [-0.15, -0.1) is 10.8 Å². The monoisotopic (exact) mass is 635 g/mol. The molecule has 0 saturated carbocycles. The molecule has 0 spiro atoms. The van der Waals surface area contributed by atoms with Crippen molar-refractivity contribution in [1.82, 2.24) is 9.97 Å². The Kier molecular flexibility index (Phi) is 14.0. The zero-order chi connectivity index (χ0) is 31.7. The molecule has 0 aliphatic carbocycles. The molecule has 238 valence electrons. The maximum absolute atomic E-state index is 13.8. The summed E-state index contributed by atoms with van der Waals surface area (Å²) in [6.45, 7) is 7.29. The molecule has 2 aromatic rings. The van der Waals surface area contributed by atoms with Crippen molar-refractivity contribution < 1.29 is 47.5 Å². The van der Waals surface area contributed by atoms with Gasteiger partial charge in [0.25, 0.3) is 0 Å². The summed E-state index contributed by atoms with van der Waals surface area (Å²) in [6.07, 6.45) is -1.81. The lowest BCUT2D eigenvalue weighted by atomic mass is 9.97. The highest BCUT2D eigenvalue weighted by Gasteiger charge is 2.31. The maximum Gasteiger partial charge on any atom is 0.332 e. The summed E-state index contributed by atoms with van der Waals surface area (Å²) < 4.78 is 60.4. The molecule has 0 bridgehead atoms. The van der Waals surface area contributed by atoms with E-state index in [2.05, 4.69) is 9.97 Å². The van der Waals surface area contributed by atoms with E-state index in [1.54, 1.807) is 19.9 Å². The molecular weight excluding hydrogens is 592 g/mol. The lowest BCUT2D eigenvalue weighted by molar-refractivity contribution is -0.0739. The second kappa shape index (κ2) is 16.2. The van der Waals surface area contributed by atoms with E-state index in [0.29, 0.717) is 22.5 Å². The summed E-state index contributed by atoms with van der Waals surface area (Å²) in [7, 11) is -5.77. The van der Waals surface area contributed by atoms with Crippen LogP contribution in [0.5, 0.6) is 0 Å². The van der Waals surface area contributed by atoms with Gasteiger partial charge in [-0.3, -0.25) is 13.7 Å². The van der Waals surface area contributed by atoms with Gasteiger partial charge in [0.2, 0.25) is 5.95 Å². The van der Waals surface area contributed by atoms with Gasteiger partial charge in [-0.25, -0.2) is 18.7 Å². The molecule has 42 heavy (non-hydrogen) atoms. The van der Waals surface area contributed by atoms with Gasteiger partial charge in [0.1, 0.15) is 5.82 Å². The number of aliphatic hydroxyl groups excluding tert-OH is 3. The van der Waals surface area contributed by atoms with Crippen LogP contribution in [0, 0.1) is 5.82 Å². The van der Waals surface area contributed by atoms with E-state index in [9.17, 15) is 28.3 Å². The molecule has 0 radical (unpaired) electrons. The van der Waals surface area contributed by atoms with E-state index in [1.165, 1.54) is 37.4 Å². The van der Waals surface area contributed by atoms with E-state index in [1.807, 2.05) is 13.8 Å². The van der Waals surface area contributed by atoms with Gasteiger partial charge in [0.15, 0.2) is 6.29 Å². The molecule has 0 amide bonds. The van der Waals surface area contributed by atoms with Gasteiger partial charge in [-0.05, 0) is 44.0 Å². The first-order valence-electron chi connectivity index (χ1n) is 13.6. The van der Waals surface area contributed by atoms with E-state index in [-0.39, 0.29) is 49.8 Å². The number of halogens is 1. The lowest BCUT2D eigenvalue weighted by Gasteiger charge is -2.41. The standard InChI is InChI=1S/C27H43FN3O9PS/c1-6-39-41(36,40-7-2)14-15-42(37,38)31(5)27-29-25(18(3)4)23(13-12-21(32)16-22(33)17-24(34)35)26(30-27)19-8-10-20(28)11-9-19/h8-13,18,21-22,24,32-35,37-38H,6-7,14-17H2,1-5H3/t21-,22-/m1/s1. The first-order chi connectivity index (χ1) is 19.6. The van der Waals surface area contributed by atoms with Crippen molar-refractivity contribution in [2.45, 2.75) is 65.0 Å². The Hall–Kier alpha value is -1.97. The quantitative estimate of drug-likeness (QED) is 0.105. The van der Waals surface area contributed by atoms with Crippen LogP contribution in [0.2, 0.25) is 0 Å². The minimum absolute atomic E-state index is 0.0502. The molecule has 1 heterocycles. The largest absolute Gasteiger partial charge is 0.393 e. The van der Waals surface area contributed by atoms with Gasteiger partial charge in [-0.1, -0.05) is 26.0 Å². The summed E-state index contributed by atoms with van der Waals surface area (Å²) in [4.78, 5) is 9.19. The first kappa shape index (κ1) is 36.2. The minimum Gasteiger partial charge on any atom is -0.393 e. The summed E-state index contributed by atoms with van der Waals surface area (Å²) >= 11 is 0. The second-order valence-electron chi connectivity index (χ2n) is 9.87. The molecule has 0 aliphatic heterocycles. The lowest BCUT2D eigenvalue weighted by Crippen LogP contribution is -2.29. The predicted molar refractivity (Wildman–Crippen MR) is 162 cm³/mol. The topological polar surface area (TPSA) is 186 Å². The normalized spacial score (nSPS) is 14.6. The van der Waals surface area contributed by atoms with Crippen molar-refractivity contribution in [3.05, 3.63) is 47.4 Å². The molecule has 15 heteroatoms. The Morgan fingerprint density at radius 2 is 1.62 bits per heavy atom. The number of rotatable bonds is 17. The van der Waals surface area contributed by atoms with E-state index in [4.69, 9.17) is 19.3 Å². The molecule has 0 aliphatic rings. The summed E-state index contributed by atoms with van der Waals surface area (Å²) in [5, 5.41) is 38.5. The Morgan fingerprint density at radius 3 is 2.14 bits per heavy atom. The van der Waals surface area contributed by atoms with Crippen molar-refractivity contribution in [2.24, 2.45) is 0 Å². The fourth-order valence-electron chi connectivity index (χ4n) is 4.01. The van der Waals surface area contributed by atoms with Crippen molar-refractivity contribution in [3.63, 3.8) is 0 Å². The third kappa shape index (κ3) is 10.6. The SMILES string of the molecule is CCOP(=O)(CCS(O)(O)N(C)c1nc(-c2ccc(F)cc2)c(C=C[C@@H](O)C[C@@H](O)CC(O)O)c(C(C)C)n1)OCC. The Bertz CT molecular complexity index is 1210. The number of aromatic nitrogens is 2. The van der Waals surface area contributed by atoms with Crippen LogP contribution < -0.4 is 4.31 Å². The fraction of sp³-hybridized carbons (Fsp3) is 0.556. The van der Waals surface area contributed by atoms with Crippen LogP contribution in [0.4, 0.5) is 10.3 Å². The molecule has 0 fully saturated rings. The maximum atomic E-state index is 13.8. The van der Waals surface area contributed by atoms with Gasteiger partial charge >= 0.3 is 7.60 Å². The number of hydrogen-bond acceptors (Lipinski definition) is 12. The van der Waals surface area contributed by atoms with Crippen molar-refractivity contribution in [1.29, 1.82) is 0 Å². The predicted octanol–water partition coefficient (Wildman–Crippen LogP) is 4.60. The summed E-state index contributed by atoms with van der Waals surface area (Å²) in [5.74, 6) is -1.08. The van der Waals surface area contributed by atoms with Crippen LogP contribution in [0.25, 0.3) is 17.3 Å². The highest BCUT2D eigenvalue weighted by atomic mass is 32.3. The van der Waals surface area contributed by atoms with Crippen molar-refractivity contribution in [3.8, 4) is 11.3 Å². The van der Waals surface area contributed by atoms with Crippen LogP contribution in [-0.4, -0.2) is 90.2 Å². The molecule has 2 atom stereocenters. The average Bonchev–Trinajstić information content (AvgIpc) is 2.90. The number of aliphatic hydroxyl groups is 4. The van der Waals surface area contributed by atoms with Crippen LogP contribution in [0.1, 0.15) is 57.7 Å². The van der Waals surface area contributed by atoms with Gasteiger partial charge in [-0.2, -0.15) is 0 Å². The fourth-order valence-corrected chi connectivity index (χ4v) is 7.62. The van der Waals surface area contributed by atoms with E-state index in [0.717, 1.165) is 4.31 Å². The van der Waals surface area contributed by atoms with Crippen LogP contribution in [0.15, 0.2) is 30.3 Å². The highest BCUT2D eigenvalue weighted by molar-refractivity contribution is 8.25. The second-order valence-corrected chi connectivity index (χ2v) is 14.3. The molecule has 1 aromatic heterocycles. The van der Waals surface area contributed by atoms with Crippen LogP contribution in [-0.2, 0) is 13.6 Å². The zero-order valence-electron chi connectivity index (χ0n) is 24.5. The zero-order valence-corrected chi connectivity index (χ0v) is 26.2. The van der Waals surface area contributed by atoms with Gasteiger partial charge < -0.3 is 29.5 Å². The van der Waals surface area contributed by atoms with Crippen LogP contribution in [0.3, 0.4) is 0 Å². The molecule has 6 N–H and O–H groups in total. The molecule has 0 saturated heterocycles. The van der Waals surface area contributed by atoms with Crippen molar-refractivity contribution >= 4 is 30.4 Å². The first-order valence-corrected chi connectivity index (χ1v) is 17.0. The molecular formula is C27H43FN3O9PS. The summed E-state index contributed by atoms with van der Waals surface area (Å²) in [6, 6.07) is 5.51. The molecule has 2 rings (SSSR count). The number of nitrogens with zero attached hydrogens (tertiary/aromatic N) is 3. The Balaban J connectivity index is 2.55. The summed E-state index contributed by atoms with van der Waals surface area (Å²) in [5.41, 5.74) is 1.75. The smallest absolute Gasteiger partial charge is 0.332 e. The van der Waals surface area contributed by atoms with Crippen LogP contribution >= 0.6 is 18.4 Å². The Morgan fingerprint density at radius 1 is 1.02 bits per heavy atom. The third-order valence-electron chi connectivity index (χ3n) is 6.12. The average molecular weight is 636 g/mol. The van der Waals surface area contributed by atoms with E-state index < -0.39 is 42.7 Å². The highest BCUT2D eigenvalue weighted by Crippen LogP contribution is 2.53.